The van der Waals surface area contributed by atoms with E-state index in [0.717, 1.165) is 11.3 Å². The van der Waals surface area contributed by atoms with E-state index in [4.69, 9.17) is 5.73 Å². The second-order valence-corrected chi connectivity index (χ2v) is 2.87. The van der Waals surface area contributed by atoms with Crippen LogP contribution < -0.4 is 5.73 Å². The number of hydrogen-bond acceptors (Lipinski definition) is 1. The number of aromatic nitrogens is 1. The van der Waals surface area contributed by atoms with Crippen LogP contribution in [0.15, 0.2) is 30.5 Å². The van der Waals surface area contributed by atoms with Crippen LogP contribution in [0.25, 0.3) is 0 Å². The molecule has 0 aromatic carbocycles. The number of aryl methyl sites for hydroxylation is 1. The maximum atomic E-state index is 5.86. The Balaban J connectivity index is 2.92. The first-order chi connectivity index (χ1) is 5.13. The van der Waals surface area contributed by atoms with Gasteiger partial charge in [0.15, 0.2) is 0 Å². The number of rotatable bonds is 2. The van der Waals surface area contributed by atoms with E-state index in [1.807, 2.05) is 36.9 Å². The fourth-order valence-corrected chi connectivity index (χ4v) is 1.05. The van der Waals surface area contributed by atoms with Gasteiger partial charge in [-0.1, -0.05) is 12.2 Å². The Labute approximate surface area is 67.3 Å². The van der Waals surface area contributed by atoms with Gasteiger partial charge in [-0.2, -0.15) is 0 Å². The maximum absolute atomic E-state index is 5.86. The summed E-state index contributed by atoms with van der Waals surface area (Å²) in [6.07, 6.45) is 1.98. The smallest absolute Gasteiger partial charge is 0.0660 e. The summed E-state index contributed by atoms with van der Waals surface area (Å²) in [4.78, 5) is 0. The van der Waals surface area contributed by atoms with Crippen LogP contribution in [0, 0.1) is 0 Å². The summed E-state index contributed by atoms with van der Waals surface area (Å²) in [5.41, 5.74) is 7.96. The molecule has 1 heterocycles. The summed E-state index contributed by atoms with van der Waals surface area (Å²) >= 11 is 0. The van der Waals surface area contributed by atoms with Crippen LogP contribution in [0.2, 0.25) is 0 Å². The molecule has 0 aliphatic rings. The Hall–Kier alpha value is -1.02. The van der Waals surface area contributed by atoms with E-state index in [0.29, 0.717) is 0 Å². The van der Waals surface area contributed by atoms with Gasteiger partial charge in [-0.25, -0.2) is 0 Å². The first-order valence-corrected chi connectivity index (χ1v) is 3.65. The molecule has 0 aliphatic heterocycles. The van der Waals surface area contributed by atoms with Gasteiger partial charge in [-0.3, -0.25) is 0 Å². The Morgan fingerprint density at radius 3 is 2.73 bits per heavy atom. The molecule has 2 nitrogen and oxygen atoms in total. The van der Waals surface area contributed by atoms with E-state index in [-0.39, 0.29) is 6.04 Å². The quantitative estimate of drug-likeness (QED) is 0.638. The highest BCUT2D eigenvalue weighted by Gasteiger charge is 2.07. The summed E-state index contributed by atoms with van der Waals surface area (Å²) in [5.74, 6) is 0. The van der Waals surface area contributed by atoms with Gasteiger partial charge < -0.3 is 10.3 Å². The zero-order valence-electron chi connectivity index (χ0n) is 7.04. The third kappa shape index (κ3) is 1.52. The largest absolute Gasteiger partial charge is 0.353 e. The van der Waals surface area contributed by atoms with Crippen LogP contribution in [0.4, 0.5) is 0 Å². The molecule has 60 valence electrons. The molecule has 0 bridgehead atoms. The van der Waals surface area contributed by atoms with Crippen molar-refractivity contribution in [3.63, 3.8) is 0 Å². The molecule has 0 spiro atoms. The summed E-state index contributed by atoms with van der Waals surface area (Å²) in [5, 5.41) is 0. The van der Waals surface area contributed by atoms with Crippen molar-refractivity contribution in [3.05, 3.63) is 36.2 Å². The molecule has 0 saturated carbocycles. The normalized spacial score (nSPS) is 13.0. The highest BCUT2D eigenvalue weighted by Crippen LogP contribution is 2.16. The van der Waals surface area contributed by atoms with Gasteiger partial charge in [0.1, 0.15) is 0 Å². The molecule has 11 heavy (non-hydrogen) atoms. The summed E-state index contributed by atoms with van der Waals surface area (Å²) in [6, 6.07) is 3.97. The van der Waals surface area contributed by atoms with E-state index >= 15 is 0 Å². The molecule has 2 N–H and O–H groups in total. The highest BCUT2D eigenvalue weighted by atomic mass is 14.9. The fraction of sp³-hybridized carbons (Fsp3) is 0.333. The molecule has 1 aromatic heterocycles. The molecule has 2 heteroatoms. The lowest BCUT2D eigenvalue weighted by atomic mass is 10.1. The molecule has 0 aliphatic carbocycles. The lowest BCUT2D eigenvalue weighted by Crippen LogP contribution is -2.14. The van der Waals surface area contributed by atoms with Gasteiger partial charge in [0, 0.05) is 18.9 Å². The average Bonchev–Trinajstić information content (AvgIpc) is 2.33. The molecule has 1 aromatic rings. The predicted molar refractivity (Wildman–Crippen MR) is 47.2 cm³/mol. The number of hydrogen-bond donors (Lipinski definition) is 1. The van der Waals surface area contributed by atoms with Crippen LogP contribution in [0.1, 0.15) is 18.7 Å². The van der Waals surface area contributed by atoms with Gasteiger partial charge in [0.05, 0.1) is 6.04 Å². The van der Waals surface area contributed by atoms with Crippen LogP contribution in [0.5, 0.6) is 0 Å². The molecule has 0 fully saturated rings. The van der Waals surface area contributed by atoms with E-state index in [9.17, 15) is 0 Å². The van der Waals surface area contributed by atoms with E-state index < -0.39 is 0 Å². The summed E-state index contributed by atoms with van der Waals surface area (Å²) in [7, 11) is 1.98. The van der Waals surface area contributed by atoms with Crippen molar-refractivity contribution < 1.29 is 0 Å². The zero-order valence-corrected chi connectivity index (χ0v) is 7.04. The van der Waals surface area contributed by atoms with Crippen molar-refractivity contribution >= 4 is 0 Å². The Morgan fingerprint density at radius 1 is 1.73 bits per heavy atom. The van der Waals surface area contributed by atoms with Crippen LogP contribution in [0.3, 0.4) is 0 Å². The van der Waals surface area contributed by atoms with Crippen LogP contribution >= 0.6 is 0 Å². The molecule has 1 rings (SSSR count). The highest BCUT2D eigenvalue weighted by molar-refractivity contribution is 5.19. The second-order valence-electron chi connectivity index (χ2n) is 2.87. The van der Waals surface area contributed by atoms with Gasteiger partial charge >= 0.3 is 0 Å². The average molecular weight is 150 g/mol. The summed E-state index contributed by atoms with van der Waals surface area (Å²) in [6.45, 7) is 5.76. The second kappa shape index (κ2) is 2.93. The minimum atomic E-state index is -0.0324. The number of nitrogens with two attached hydrogens (primary N) is 1. The van der Waals surface area contributed by atoms with Gasteiger partial charge in [-0.05, 0) is 19.1 Å². The molecular formula is C9H14N2. The van der Waals surface area contributed by atoms with Crippen molar-refractivity contribution in [1.82, 2.24) is 4.57 Å². The topological polar surface area (TPSA) is 30.9 Å². The SMILES string of the molecule is C=C(C)C(N)c1cccn1C. The number of nitrogens with zero attached hydrogens (tertiary/aromatic N) is 1. The predicted octanol–water partition coefficient (Wildman–Crippen LogP) is 1.60. The van der Waals surface area contributed by atoms with Crippen molar-refractivity contribution in [2.45, 2.75) is 13.0 Å². The summed E-state index contributed by atoms with van der Waals surface area (Å²) < 4.78 is 2.01. The van der Waals surface area contributed by atoms with E-state index in [1.165, 1.54) is 0 Å². The van der Waals surface area contributed by atoms with E-state index in [2.05, 4.69) is 6.58 Å². The van der Waals surface area contributed by atoms with Gasteiger partial charge in [0.25, 0.3) is 0 Å². The van der Waals surface area contributed by atoms with Gasteiger partial charge in [-0.15, -0.1) is 0 Å². The first kappa shape index (κ1) is 8.08. The maximum Gasteiger partial charge on any atom is 0.0660 e. The van der Waals surface area contributed by atoms with E-state index in [1.54, 1.807) is 0 Å². The van der Waals surface area contributed by atoms with Crippen molar-refractivity contribution in [2.24, 2.45) is 12.8 Å². The molecule has 1 unspecified atom stereocenters. The third-order valence-corrected chi connectivity index (χ3v) is 1.83. The Bertz CT molecular complexity index is 260. The van der Waals surface area contributed by atoms with Crippen molar-refractivity contribution in [1.29, 1.82) is 0 Å². The Morgan fingerprint density at radius 2 is 2.36 bits per heavy atom. The zero-order chi connectivity index (χ0) is 8.43. The fourth-order valence-electron chi connectivity index (χ4n) is 1.05. The Kier molecular flexibility index (Phi) is 2.15. The minimum Gasteiger partial charge on any atom is -0.353 e. The standard InChI is InChI=1S/C9H14N2/c1-7(2)9(10)8-5-4-6-11(8)3/h4-6,9H,1,10H2,2-3H3. The minimum absolute atomic E-state index is 0.0324. The monoisotopic (exact) mass is 150 g/mol. The van der Waals surface area contributed by atoms with Crippen molar-refractivity contribution in [3.8, 4) is 0 Å². The van der Waals surface area contributed by atoms with Gasteiger partial charge in [0.2, 0.25) is 0 Å². The molecule has 0 radical (unpaired) electrons. The first-order valence-electron chi connectivity index (χ1n) is 3.65. The van der Waals surface area contributed by atoms with Crippen LogP contribution in [-0.2, 0) is 7.05 Å². The van der Waals surface area contributed by atoms with Crippen molar-refractivity contribution in [2.75, 3.05) is 0 Å². The molecular weight excluding hydrogens is 136 g/mol. The lowest BCUT2D eigenvalue weighted by Gasteiger charge is -2.11. The molecule has 0 amide bonds. The molecule has 1 atom stereocenters. The van der Waals surface area contributed by atoms with Crippen LogP contribution in [-0.4, -0.2) is 4.57 Å². The molecule has 0 saturated heterocycles. The third-order valence-electron chi connectivity index (χ3n) is 1.83. The lowest BCUT2D eigenvalue weighted by molar-refractivity contribution is 0.737.